The molecule has 1 saturated carbocycles. The summed E-state index contributed by atoms with van der Waals surface area (Å²) in [4.78, 5) is 16.9. The van der Waals surface area contributed by atoms with E-state index in [1.54, 1.807) is 11.3 Å². The molecule has 0 unspecified atom stereocenters. The highest BCUT2D eigenvalue weighted by atomic mass is 32.1. The molecule has 4 rings (SSSR count). The first-order valence-corrected chi connectivity index (χ1v) is 11.0. The molecule has 1 aliphatic carbocycles. The highest BCUT2D eigenvalue weighted by molar-refractivity contribution is 7.15. The van der Waals surface area contributed by atoms with Crippen LogP contribution in [0, 0.1) is 13.8 Å². The van der Waals surface area contributed by atoms with Crippen LogP contribution in [0.15, 0.2) is 10.5 Å². The molecule has 8 heteroatoms. The number of hydrogen-bond acceptors (Lipinski definition) is 7. The van der Waals surface area contributed by atoms with Gasteiger partial charge in [0.25, 0.3) is 0 Å². The fraction of sp³-hybridized carbons (Fsp3) is 0.650. The van der Waals surface area contributed by atoms with E-state index < -0.39 is 0 Å². The van der Waals surface area contributed by atoms with E-state index >= 15 is 0 Å². The smallest absolute Gasteiger partial charge is 0.227 e. The van der Waals surface area contributed by atoms with Gasteiger partial charge < -0.3 is 14.6 Å². The fourth-order valence-corrected chi connectivity index (χ4v) is 4.86. The number of carbonyl (C=O) groups excluding carboxylic acids is 1. The van der Waals surface area contributed by atoms with E-state index in [1.807, 2.05) is 6.92 Å². The van der Waals surface area contributed by atoms with Crippen molar-refractivity contribution in [3.8, 4) is 0 Å². The van der Waals surface area contributed by atoms with Crippen molar-refractivity contribution in [3.63, 3.8) is 0 Å². The largest absolute Gasteiger partial charge is 0.465 e. The van der Waals surface area contributed by atoms with Gasteiger partial charge >= 0.3 is 0 Å². The van der Waals surface area contributed by atoms with E-state index in [-0.39, 0.29) is 5.91 Å². The molecule has 3 heterocycles. The lowest BCUT2D eigenvalue weighted by Crippen LogP contribution is -2.45. The molecular weight excluding hydrogens is 374 g/mol. The van der Waals surface area contributed by atoms with Crippen LogP contribution in [0.25, 0.3) is 0 Å². The van der Waals surface area contributed by atoms with Crippen molar-refractivity contribution < 1.29 is 9.21 Å². The summed E-state index contributed by atoms with van der Waals surface area (Å²) >= 11 is 1.54. The van der Waals surface area contributed by atoms with Crippen LogP contribution in [0.3, 0.4) is 0 Å². The molecule has 0 spiro atoms. The van der Waals surface area contributed by atoms with Crippen LogP contribution in [0.5, 0.6) is 0 Å². The summed E-state index contributed by atoms with van der Waals surface area (Å²) < 4.78 is 5.80. The Bertz CT molecular complexity index is 784. The lowest BCUT2D eigenvalue weighted by atomic mass is 10.2. The zero-order valence-corrected chi connectivity index (χ0v) is 17.6. The maximum absolute atomic E-state index is 12.2. The molecule has 1 N–H and O–H groups in total. The van der Waals surface area contributed by atoms with Crippen molar-refractivity contribution >= 4 is 22.4 Å². The van der Waals surface area contributed by atoms with Gasteiger partial charge in [0.05, 0.1) is 13.0 Å². The molecule has 2 fully saturated rings. The summed E-state index contributed by atoms with van der Waals surface area (Å²) in [6.07, 6.45) is 4.99. The number of anilines is 1. The van der Waals surface area contributed by atoms with Gasteiger partial charge in [-0.3, -0.25) is 9.69 Å². The normalized spacial score (nSPS) is 18.7. The molecule has 2 aliphatic rings. The van der Waals surface area contributed by atoms with Gasteiger partial charge in [0.2, 0.25) is 11.0 Å². The third kappa shape index (κ3) is 4.72. The Kier molecular flexibility index (Phi) is 5.96. The van der Waals surface area contributed by atoms with Crippen molar-refractivity contribution in [1.82, 2.24) is 20.4 Å². The Balaban J connectivity index is 1.25. The molecule has 2 aromatic heterocycles. The predicted octanol–water partition coefficient (Wildman–Crippen LogP) is 2.67. The highest BCUT2D eigenvalue weighted by Gasteiger charge is 2.22. The Morgan fingerprint density at radius 2 is 1.96 bits per heavy atom. The summed E-state index contributed by atoms with van der Waals surface area (Å²) in [7, 11) is 0. The summed E-state index contributed by atoms with van der Waals surface area (Å²) in [6.45, 7) is 8.72. The van der Waals surface area contributed by atoms with Gasteiger partial charge in [0.1, 0.15) is 16.5 Å². The molecule has 0 atom stereocenters. The summed E-state index contributed by atoms with van der Waals surface area (Å²) in [6, 6.07) is 2.49. The molecule has 1 amide bonds. The first kappa shape index (κ1) is 19.4. The lowest BCUT2D eigenvalue weighted by Gasteiger charge is -2.33. The van der Waals surface area contributed by atoms with Crippen LogP contribution in [-0.2, 0) is 17.8 Å². The second-order valence-electron chi connectivity index (χ2n) is 7.92. The molecular formula is C20H29N5O2S. The van der Waals surface area contributed by atoms with Gasteiger partial charge in [-0.25, -0.2) is 0 Å². The number of rotatable bonds is 6. The average Bonchev–Trinajstić information content (AvgIpc) is 3.39. The number of carbonyl (C=O) groups is 1. The topological polar surface area (TPSA) is 74.5 Å². The number of aromatic nitrogens is 2. The minimum atomic E-state index is 0.0726. The molecule has 28 heavy (non-hydrogen) atoms. The SMILES string of the molecule is Cc1cc(CN2CCN(c3nnc(CC(=O)NC4CCCC4)s3)CC2)oc1C. The second-order valence-corrected chi connectivity index (χ2v) is 8.96. The van der Waals surface area contributed by atoms with E-state index in [2.05, 4.69) is 38.3 Å². The number of nitrogens with zero attached hydrogens (tertiary/aromatic N) is 4. The van der Waals surface area contributed by atoms with Gasteiger partial charge in [-0.15, -0.1) is 10.2 Å². The number of furan rings is 1. The lowest BCUT2D eigenvalue weighted by molar-refractivity contribution is -0.121. The minimum absolute atomic E-state index is 0.0726. The molecule has 1 aliphatic heterocycles. The van der Waals surface area contributed by atoms with Crippen molar-refractivity contribution in [2.45, 2.75) is 58.5 Å². The van der Waals surface area contributed by atoms with Gasteiger partial charge in [0, 0.05) is 32.2 Å². The molecule has 0 radical (unpaired) electrons. The molecule has 152 valence electrons. The zero-order valence-electron chi connectivity index (χ0n) is 16.7. The maximum Gasteiger partial charge on any atom is 0.227 e. The Hall–Kier alpha value is -1.93. The van der Waals surface area contributed by atoms with Crippen LogP contribution >= 0.6 is 11.3 Å². The zero-order chi connectivity index (χ0) is 19.5. The maximum atomic E-state index is 12.2. The third-order valence-corrected chi connectivity index (χ3v) is 6.71. The Morgan fingerprint density at radius 3 is 2.64 bits per heavy atom. The predicted molar refractivity (Wildman–Crippen MR) is 110 cm³/mol. The summed E-state index contributed by atoms with van der Waals surface area (Å²) in [5.41, 5.74) is 1.21. The van der Waals surface area contributed by atoms with Gasteiger partial charge in [-0.05, 0) is 38.3 Å². The molecule has 2 aromatic rings. The number of aryl methyl sites for hydroxylation is 2. The van der Waals surface area contributed by atoms with Gasteiger partial charge in [-0.2, -0.15) is 0 Å². The van der Waals surface area contributed by atoms with Crippen molar-refractivity contribution in [3.05, 3.63) is 28.2 Å². The summed E-state index contributed by atoms with van der Waals surface area (Å²) in [5.74, 6) is 2.12. The number of nitrogens with one attached hydrogen (secondary N) is 1. The molecule has 0 aromatic carbocycles. The fourth-order valence-electron chi connectivity index (χ4n) is 3.98. The Labute approximate surface area is 170 Å². The van der Waals surface area contributed by atoms with Crippen LogP contribution in [0.1, 0.15) is 47.8 Å². The second kappa shape index (κ2) is 8.61. The van der Waals surface area contributed by atoms with E-state index in [0.29, 0.717) is 12.5 Å². The average molecular weight is 404 g/mol. The molecule has 7 nitrogen and oxygen atoms in total. The molecule has 0 bridgehead atoms. The van der Waals surface area contributed by atoms with Crippen LogP contribution < -0.4 is 10.2 Å². The highest BCUT2D eigenvalue weighted by Crippen LogP contribution is 2.23. The number of piperazine rings is 1. The number of amides is 1. The van der Waals surface area contributed by atoms with E-state index in [0.717, 1.165) is 67.2 Å². The van der Waals surface area contributed by atoms with Crippen molar-refractivity contribution in [2.75, 3.05) is 31.1 Å². The first-order chi connectivity index (χ1) is 13.6. The van der Waals surface area contributed by atoms with Crippen molar-refractivity contribution in [2.24, 2.45) is 0 Å². The van der Waals surface area contributed by atoms with E-state index in [1.165, 1.54) is 18.4 Å². The van der Waals surface area contributed by atoms with Crippen LogP contribution in [0.2, 0.25) is 0 Å². The first-order valence-electron chi connectivity index (χ1n) is 10.2. The van der Waals surface area contributed by atoms with Gasteiger partial charge in [-0.1, -0.05) is 24.2 Å². The quantitative estimate of drug-likeness (QED) is 0.799. The number of hydrogen-bond donors (Lipinski definition) is 1. The van der Waals surface area contributed by atoms with Crippen molar-refractivity contribution in [1.29, 1.82) is 0 Å². The minimum Gasteiger partial charge on any atom is -0.465 e. The Morgan fingerprint density at radius 1 is 1.21 bits per heavy atom. The third-order valence-electron chi connectivity index (χ3n) is 5.73. The van der Waals surface area contributed by atoms with Gasteiger partial charge in [0.15, 0.2) is 0 Å². The molecule has 1 saturated heterocycles. The van der Waals surface area contributed by atoms with Crippen LogP contribution in [-0.4, -0.2) is 53.2 Å². The monoisotopic (exact) mass is 403 g/mol. The van der Waals surface area contributed by atoms with E-state index in [9.17, 15) is 4.79 Å². The van der Waals surface area contributed by atoms with Crippen LogP contribution in [0.4, 0.5) is 5.13 Å². The standard InChI is InChI=1S/C20H29N5O2S/c1-14-11-17(27-15(14)2)13-24-7-9-25(10-8-24)20-23-22-19(28-20)12-18(26)21-16-5-3-4-6-16/h11,16H,3-10,12-13H2,1-2H3,(H,21,26). The van der Waals surface area contributed by atoms with E-state index in [4.69, 9.17) is 4.42 Å². The summed E-state index contributed by atoms with van der Waals surface area (Å²) in [5, 5.41) is 13.4.